The molecule has 0 N–H and O–H groups in total. The maximum Gasteiger partial charge on any atom is 0.206 e. The van der Waals surface area contributed by atoms with Crippen molar-refractivity contribution in [2.24, 2.45) is 0 Å². The number of benzene rings is 1. The maximum atomic E-state index is 5.87. The van der Waals surface area contributed by atoms with Crippen LogP contribution in [-0.2, 0) is 4.74 Å². The molecule has 0 amide bonds. The van der Waals surface area contributed by atoms with E-state index < -0.39 is 0 Å². The molecule has 1 aromatic rings. The van der Waals surface area contributed by atoms with Crippen molar-refractivity contribution in [3.63, 3.8) is 0 Å². The highest BCUT2D eigenvalue weighted by Crippen LogP contribution is 2.24. The molecule has 2 nitrogen and oxygen atoms in total. The second-order valence-electron chi connectivity index (χ2n) is 3.86. The van der Waals surface area contributed by atoms with Gasteiger partial charge >= 0.3 is 0 Å². The molecule has 0 heterocycles. The van der Waals surface area contributed by atoms with E-state index in [1.54, 1.807) is 0 Å². The van der Waals surface area contributed by atoms with Gasteiger partial charge in [0.05, 0.1) is 5.92 Å². The van der Waals surface area contributed by atoms with Gasteiger partial charge in [-0.15, -0.1) is 13.2 Å². The van der Waals surface area contributed by atoms with Crippen LogP contribution in [0.5, 0.6) is 5.75 Å². The van der Waals surface area contributed by atoms with E-state index in [-0.39, 0.29) is 6.29 Å². The molecule has 0 aliphatic heterocycles. The summed E-state index contributed by atoms with van der Waals surface area (Å²) >= 11 is 0. The largest absolute Gasteiger partial charge is 0.464 e. The zero-order valence-corrected chi connectivity index (χ0v) is 11.0. The summed E-state index contributed by atoms with van der Waals surface area (Å²) in [5.41, 5.74) is 0. The molecular formula is C16H21O2. The number of rotatable bonds is 9. The maximum absolute atomic E-state index is 5.87. The van der Waals surface area contributed by atoms with Crippen LogP contribution in [0.2, 0.25) is 0 Å². The molecule has 18 heavy (non-hydrogen) atoms. The van der Waals surface area contributed by atoms with Crippen LogP contribution in [0.25, 0.3) is 0 Å². The van der Waals surface area contributed by atoms with Crippen LogP contribution in [0.3, 0.4) is 0 Å². The fraction of sp³-hybridized carbons (Fsp3) is 0.312. The molecular weight excluding hydrogens is 224 g/mol. The van der Waals surface area contributed by atoms with Crippen LogP contribution in [0.4, 0.5) is 0 Å². The third kappa shape index (κ3) is 4.76. The predicted octanol–water partition coefficient (Wildman–Crippen LogP) is 4.15. The second kappa shape index (κ2) is 8.54. The van der Waals surface area contributed by atoms with E-state index in [0.717, 1.165) is 24.5 Å². The lowest BCUT2D eigenvalue weighted by molar-refractivity contribution is -0.0662. The molecule has 1 rings (SSSR count). The minimum Gasteiger partial charge on any atom is -0.464 e. The highest BCUT2D eigenvalue weighted by atomic mass is 16.7. The van der Waals surface area contributed by atoms with Gasteiger partial charge in [0.1, 0.15) is 5.75 Å². The van der Waals surface area contributed by atoms with Crippen LogP contribution in [0, 0.1) is 5.92 Å². The van der Waals surface area contributed by atoms with Crippen LogP contribution in [0.15, 0.2) is 55.6 Å². The summed E-state index contributed by atoms with van der Waals surface area (Å²) in [5, 5.41) is 0. The number of para-hydroxylation sites is 1. The van der Waals surface area contributed by atoms with Crippen molar-refractivity contribution in [3.8, 4) is 5.75 Å². The molecule has 1 atom stereocenters. The summed E-state index contributed by atoms with van der Waals surface area (Å²) in [6.45, 7) is 10.1. The fourth-order valence-corrected chi connectivity index (χ4v) is 1.66. The van der Waals surface area contributed by atoms with Gasteiger partial charge in [0.15, 0.2) is 0 Å². The van der Waals surface area contributed by atoms with E-state index in [2.05, 4.69) is 13.2 Å². The minimum absolute atomic E-state index is 0.339. The van der Waals surface area contributed by atoms with Gasteiger partial charge in [-0.3, -0.25) is 0 Å². The van der Waals surface area contributed by atoms with Crippen LogP contribution >= 0.6 is 0 Å². The van der Waals surface area contributed by atoms with Crippen LogP contribution in [-0.4, -0.2) is 12.9 Å². The Bertz CT molecular complexity index is 335. The zero-order valence-electron chi connectivity index (χ0n) is 11.0. The highest BCUT2D eigenvalue weighted by molar-refractivity contribution is 5.22. The molecule has 0 spiro atoms. The molecule has 1 radical (unpaired) electrons. The number of hydrogen-bond acceptors (Lipinski definition) is 2. The van der Waals surface area contributed by atoms with E-state index >= 15 is 0 Å². The monoisotopic (exact) mass is 245 g/mol. The van der Waals surface area contributed by atoms with Crippen molar-refractivity contribution >= 4 is 0 Å². The van der Waals surface area contributed by atoms with E-state index in [0.29, 0.717) is 6.61 Å². The number of hydrogen-bond donors (Lipinski definition) is 0. The first-order chi connectivity index (χ1) is 8.81. The molecule has 0 aliphatic rings. The second-order valence-corrected chi connectivity index (χ2v) is 3.86. The Morgan fingerprint density at radius 3 is 2.28 bits per heavy atom. The number of ether oxygens (including phenoxy) is 2. The van der Waals surface area contributed by atoms with Crippen LogP contribution in [0.1, 0.15) is 19.8 Å². The molecule has 2 heteroatoms. The van der Waals surface area contributed by atoms with Gasteiger partial charge in [-0.1, -0.05) is 30.4 Å². The average Bonchev–Trinajstić information content (AvgIpc) is 2.39. The summed E-state index contributed by atoms with van der Waals surface area (Å²) in [7, 11) is 0. The first-order valence-corrected chi connectivity index (χ1v) is 6.21. The Morgan fingerprint density at radius 1 is 1.17 bits per heavy atom. The van der Waals surface area contributed by atoms with Gasteiger partial charge in [-0.05, 0) is 31.9 Å². The molecule has 0 saturated heterocycles. The highest BCUT2D eigenvalue weighted by Gasteiger charge is 2.22. The van der Waals surface area contributed by atoms with Gasteiger partial charge in [-0.25, -0.2) is 0 Å². The SMILES string of the molecule is C=CC[C](CC=C)C(OCC)Oc1ccccc1. The minimum atomic E-state index is -0.339. The van der Waals surface area contributed by atoms with Gasteiger partial charge in [0.25, 0.3) is 0 Å². The predicted molar refractivity (Wildman–Crippen MR) is 75.4 cm³/mol. The summed E-state index contributed by atoms with van der Waals surface area (Å²) in [6, 6.07) is 9.69. The lowest BCUT2D eigenvalue weighted by atomic mass is 10.0. The first-order valence-electron chi connectivity index (χ1n) is 6.21. The van der Waals surface area contributed by atoms with Crippen molar-refractivity contribution in [1.82, 2.24) is 0 Å². The molecule has 1 unspecified atom stereocenters. The Balaban J connectivity index is 2.72. The summed E-state index contributed by atoms with van der Waals surface area (Å²) in [5.74, 6) is 1.94. The molecule has 0 saturated carbocycles. The average molecular weight is 245 g/mol. The van der Waals surface area contributed by atoms with E-state index in [1.165, 1.54) is 0 Å². The third-order valence-corrected chi connectivity index (χ3v) is 2.45. The van der Waals surface area contributed by atoms with Gasteiger partial charge < -0.3 is 9.47 Å². The number of allylic oxidation sites excluding steroid dienone is 2. The van der Waals surface area contributed by atoms with E-state index in [4.69, 9.17) is 9.47 Å². The van der Waals surface area contributed by atoms with Crippen molar-refractivity contribution in [3.05, 3.63) is 61.6 Å². The molecule has 1 aromatic carbocycles. The zero-order chi connectivity index (χ0) is 13.2. The van der Waals surface area contributed by atoms with Gasteiger partial charge in [-0.2, -0.15) is 0 Å². The summed E-state index contributed by atoms with van der Waals surface area (Å²) in [4.78, 5) is 0. The van der Waals surface area contributed by atoms with Crippen molar-refractivity contribution in [2.75, 3.05) is 6.61 Å². The smallest absolute Gasteiger partial charge is 0.206 e. The molecule has 0 fully saturated rings. The molecule has 0 bridgehead atoms. The van der Waals surface area contributed by atoms with E-state index in [1.807, 2.05) is 49.4 Å². The van der Waals surface area contributed by atoms with Crippen molar-refractivity contribution in [2.45, 2.75) is 26.1 Å². The van der Waals surface area contributed by atoms with Crippen molar-refractivity contribution in [1.29, 1.82) is 0 Å². The molecule has 97 valence electrons. The lowest BCUT2D eigenvalue weighted by Gasteiger charge is -2.25. The van der Waals surface area contributed by atoms with Gasteiger partial charge in [0, 0.05) is 6.61 Å². The Morgan fingerprint density at radius 2 is 1.78 bits per heavy atom. The first kappa shape index (κ1) is 14.5. The topological polar surface area (TPSA) is 18.5 Å². The Labute approximate surface area is 110 Å². The van der Waals surface area contributed by atoms with Gasteiger partial charge in [0.2, 0.25) is 6.29 Å². The normalized spacial score (nSPS) is 12.1. The standard InChI is InChI=1S/C16H21O2/c1-4-10-14(11-5-2)16(17-6-3)18-15-12-8-7-9-13-15/h4-5,7-9,12-13,16H,1-2,6,10-11H2,3H3. The van der Waals surface area contributed by atoms with Crippen LogP contribution < -0.4 is 4.74 Å². The Hall–Kier alpha value is -1.54. The van der Waals surface area contributed by atoms with E-state index in [9.17, 15) is 0 Å². The quantitative estimate of drug-likeness (QED) is 0.480. The third-order valence-electron chi connectivity index (χ3n) is 2.45. The fourth-order valence-electron chi connectivity index (χ4n) is 1.66. The van der Waals surface area contributed by atoms with Crippen molar-refractivity contribution < 1.29 is 9.47 Å². The Kier molecular flexibility index (Phi) is 6.89. The molecule has 0 aromatic heterocycles. The summed E-state index contributed by atoms with van der Waals surface area (Å²) in [6.07, 6.45) is 4.92. The molecule has 0 aliphatic carbocycles. The lowest BCUT2D eigenvalue weighted by Crippen LogP contribution is -2.28. The summed E-state index contributed by atoms with van der Waals surface area (Å²) < 4.78 is 11.5.